The number of nitrogens with two attached hydrogens (primary N) is 1. The number of rotatable bonds is 3. The maximum Gasteiger partial charge on any atom is 0.316 e. The van der Waals surface area contributed by atoms with Gasteiger partial charge in [-0.2, -0.15) is 0 Å². The highest BCUT2D eigenvalue weighted by Gasteiger charge is 2.06. The fraction of sp³-hybridized carbons (Fsp3) is 0. The number of anilines is 2. The molecule has 19 heavy (non-hydrogen) atoms. The molecule has 0 saturated heterocycles. The van der Waals surface area contributed by atoms with E-state index >= 15 is 0 Å². The van der Waals surface area contributed by atoms with Crippen LogP contribution in [-0.2, 0) is 0 Å². The summed E-state index contributed by atoms with van der Waals surface area (Å²) >= 11 is 0. The van der Waals surface area contributed by atoms with E-state index in [9.17, 15) is 9.59 Å². The summed E-state index contributed by atoms with van der Waals surface area (Å²) in [6.45, 7) is 0. The van der Waals surface area contributed by atoms with Crippen molar-refractivity contribution in [3.8, 4) is 0 Å². The average molecular weight is 256 g/mol. The maximum absolute atomic E-state index is 11.9. The van der Waals surface area contributed by atoms with Gasteiger partial charge in [-0.15, -0.1) is 0 Å². The summed E-state index contributed by atoms with van der Waals surface area (Å²) in [6, 6.07) is 9.15. The lowest BCUT2D eigenvalue weighted by Crippen LogP contribution is -2.19. The molecule has 1 aromatic carbocycles. The van der Waals surface area contributed by atoms with Crippen LogP contribution in [0, 0.1) is 0 Å². The molecule has 0 saturated carbocycles. The van der Waals surface area contributed by atoms with Crippen LogP contribution in [0.4, 0.5) is 16.2 Å². The molecule has 0 fully saturated rings. The SMILES string of the molecule is NC(=O)Nc1ccc(C(=O)Nc2ccncc2)cc1. The van der Waals surface area contributed by atoms with Crippen molar-refractivity contribution in [1.82, 2.24) is 4.98 Å². The largest absolute Gasteiger partial charge is 0.351 e. The molecule has 4 N–H and O–H groups in total. The van der Waals surface area contributed by atoms with Crippen LogP contribution in [0.5, 0.6) is 0 Å². The van der Waals surface area contributed by atoms with Crippen LogP contribution in [0.1, 0.15) is 10.4 Å². The summed E-state index contributed by atoms with van der Waals surface area (Å²) in [5, 5.41) is 5.15. The number of nitrogens with one attached hydrogen (secondary N) is 2. The first-order chi connectivity index (χ1) is 9.15. The molecule has 0 bridgehead atoms. The maximum atomic E-state index is 11.9. The summed E-state index contributed by atoms with van der Waals surface area (Å²) in [6.07, 6.45) is 3.19. The van der Waals surface area contributed by atoms with Gasteiger partial charge in [0.05, 0.1) is 0 Å². The predicted molar refractivity (Wildman–Crippen MR) is 71.8 cm³/mol. The zero-order valence-corrected chi connectivity index (χ0v) is 9.96. The van der Waals surface area contributed by atoms with Gasteiger partial charge in [-0.05, 0) is 36.4 Å². The van der Waals surface area contributed by atoms with Crippen LogP contribution < -0.4 is 16.4 Å². The minimum atomic E-state index is -0.644. The highest BCUT2D eigenvalue weighted by molar-refractivity contribution is 6.04. The second-order valence-electron chi connectivity index (χ2n) is 3.76. The summed E-state index contributed by atoms with van der Waals surface area (Å²) < 4.78 is 0. The third kappa shape index (κ3) is 3.53. The van der Waals surface area contributed by atoms with E-state index in [2.05, 4.69) is 15.6 Å². The number of nitrogens with zero attached hydrogens (tertiary/aromatic N) is 1. The van der Waals surface area contributed by atoms with E-state index in [1.807, 2.05) is 0 Å². The first-order valence-corrected chi connectivity index (χ1v) is 5.53. The van der Waals surface area contributed by atoms with E-state index < -0.39 is 6.03 Å². The molecular formula is C13H12N4O2. The number of carbonyl (C=O) groups is 2. The van der Waals surface area contributed by atoms with Gasteiger partial charge in [-0.25, -0.2) is 4.79 Å². The Morgan fingerprint density at radius 1 is 0.895 bits per heavy atom. The number of pyridine rings is 1. The lowest BCUT2D eigenvalue weighted by molar-refractivity contribution is 0.102. The number of hydrogen-bond acceptors (Lipinski definition) is 3. The van der Waals surface area contributed by atoms with Crippen molar-refractivity contribution in [2.24, 2.45) is 5.73 Å². The minimum absolute atomic E-state index is 0.239. The number of aromatic nitrogens is 1. The van der Waals surface area contributed by atoms with Gasteiger partial charge in [0, 0.05) is 29.3 Å². The van der Waals surface area contributed by atoms with Crippen molar-refractivity contribution in [3.05, 3.63) is 54.4 Å². The van der Waals surface area contributed by atoms with E-state index in [4.69, 9.17) is 5.73 Å². The van der Waals surface area contributed by atoms with Gasteiger partial charge in [-0.1, -0.05) is 0 Å². The van der Waals surface area contributed by atoms with Crippen LogP contribution in [0.2, 0.25) is 0 Å². The number of hydrogen-bond donors (Lipinski definition) is 3. The zero-order valence-electron chi connectivity index (χ0n) is 9.96. The highest BCUT2D eigenvalue weighted by atomic mass is 16.2. The van der Waals surface area contributed by atoms with Crippen LogP contribution in [0.3, 0.4) is 0 Å². The monoisotopic (exact) mass is 256 g/mol. The minimum Gasteiger partial charge on any atom is -0.351 e. The van der Waals surface area contributed by atoms with E-state index in [1.165, 1.54) is 0 Å². The molecule has 2 rings (SSSR count). The van der Waals surface area contributed by atoms with E-state index in [0.29, 0.717) is 16.9 Å². The summed E-state index contributed by atoms with van der Waals surface area (Å²) in [7, 11) is 0. The summed E-state index contributed by atoms with van der Waals surface area (Å²) in [4.78, 5) is 26.4. The molecule has 2 aromatic rings. The molecule has 0 atom stereocenters. The standard InChI is InChI=1S/C13H12N4O2/c14-13(19)17-10-3-1-9(2-4-10)12(18)16-11-5-7-15-8-6-11/h1-8H,(H3,14,17,19)(H,15,16,18). The van der Waals surface area contributed by atoms with Crippen LogP contribution in [-0.4, -0.2) is 16.9 Å². The fourth-order valence-electron chi connectivity index (χ4n) is 1.49. The Labute approximate surface area is 109 Å². The third-order valence-corrected chi connectivity index (χ3v) is 2.35. The molecule has 0 aliphatic rings. The Morgan fingerprint density at radius 2 is 1.47 bits per heavy atom. The van der Waals surface area contributed by atoms with Gasteiger partial charge in [0.1, 0.15) is 0 Å². The molecule has 0 aliphatic heterocycles. The van der Waals surface area contributed by atoms with Crippen LogP contribution in [0.15, 0.2) is 48.8 Å². The first-order valence-electron chi connectivity index (χ1n) is 5.53. The van der Waals surface area contributed by atoms with Gasteiger partial charge in [-0.3, -0.25) is 9.78 Å². The molecule has 96 valence electrons. The van der Waals surface area contributed by atoms with E-state index in [1.54, 1.807) is 48.8 Å². The van der Waals surface area contributed by atoms with Gasteiger partial charge in [0.2, 0.25) is 0 Å². The second kappa shape index (κ2) is 5.63. The van der Waals surface area contributed by atoms with Crippen molar-refractivity contribution in [2.45, 2.75) is 0 Å². The molecule has 6 nitrogen and oxygen atoms in total. The summed E-state index contributed by atoms with van der Waals surface area (Å²) in [5.41, 5.74) is 6.67. The molecule has 3 amide bonds. The normalized spacial score (nSPS) is 9.68. The molecule has 0 aliphatic carbocycles. The number of amides is 3. The fourth-order valence-corrected chi connectivity index (χ4v) is 1.49. The zero-order chi connectivity index (χ0) is 13.7. The summed E-state index contributed by atoms with van der Waals surface area (Å²) in [5.74, 6) is -0.239. The molecule has 1 aromatic heterocycles. The average Bonchev–Trinajstić information content (AvgIpc) is 2.40. The van der Waals surface area contributed by atoms with Crippen LogP contribution >= 0.6 is 0 Å². The van der Waals surface area contributed by atoms with Crippen LogP contribution in [0.25, 0.3) is 0 Å². The van der Waals surface area contributed by atoms with Gasteiger partial charge in [0.15, 0.2) is 0 Å². The number of benzene rings is 1. The Morgan fingerprint density at radius 3 is 2.05 bits per heavy atom. The van der Waals surface area contributed by atoms with Crippen molar-refractivity contribution >= 4 is 23.3 Å². The Kier molecular flexibility index (Phi) is 3.72. The Hall–Kier alpha value is -2.89. The first kappa shape index (κ1) is 12.6. The lowest BCUT2D eigenvalue weighted by atomic mass is 10.2. The number of urea groups is 1. The van der Waals surface area contributed by atoms with Crippen molar-refractivity contribution in [2.75, 3.05) is 10.6 Å². The number of carbonyl (C=O) groups excluding carboxylic acids is 2. The predicted octanol–water partition coefficient (Wildman–Crippen LogP) is 1.82. The Bertz CT molecular complexity index is 581. The van der Waals surface area contributed by atoms with Gasteiger partial charge in [0.25, 0.3) is 5.91 Å². The van der Waals surface area contributed by atoms with E-state index in [0.717, 1.165) is 0 Å². The molecule has 0 unspecified atom stereocenters. The quantitative estimate of drug-likeness (QED) is 0.781. The molecule has 1 heterocycles. The van der Waals surface area contributed by atoms with Gasteiger partial charge >= 0.3 is 6.03 Å². The smallest absolute Gasteiger partial charge is 0.316 e. The van der Waals surface area contributed by atoms with Crippen molar-refractivity contribution < 1.29 is 9.59 Å². The number of primary amides is 1. The van der Waals surface area contributed by atoms with Crippen molar-refractivity contribution in [1.29, 1.82) is 0 Å². The molecular weight excluding hydrogens is 244 g/mol. The molecule has 0 spiro atoms. The van der Waals surface area contributed by atoms with Gasteiger partial charge < -0.3 is 16.4 Å². The van der Waals surface area contributed by atoms with E-state index in [-0.39, 0.29) is 5.91 Å². The molecule has 6 heteroatoms. The Balaban J connectivity index is 2.05. The topological polar surface area (TPSA) is 97.1 Å². The highest BCUT2D eigenvalue weighted by Crippen LogP contribution is 2.11. The lowest BCUT2D eigenvalue weighted by Gasteiger charge is -2.06. The molecule has 0 radical (unpaired) electrons. The van der Waals surface area contributed by atoms with Crippen molar-refractivity contribution in [3.63, 3.8) is 0 Å². The second-order valence-corrected chi connectivity index (χ2v) is 3.76. The third-order valence-electron chi connectivity index (χ3n) is 2.35.